The lowest BCUT2D eigenvalue weighted by atomic mass is 10.1. The van der Waals surface area contributed by atoms with E-state index in [0.29, 0.717) is 5.56 Å². The minimum absolute atomic E-state index is 0.110. The van der Waals surface area contributed by atoms with Crippen molar-refractivity contribution in [2.45, 2.75) is 25.9 Å². The third kappa shape index (κ3) is 5.37. The van der Waals surface area contributed by atoms with Crippen molar-refractivity contribution in [1.29, 1.82) is 0 Å². The molecular formula is C19H20BrN3O4. The molecular weight excluding hydrogens is 414 g/mol. The molecule has 0 bridgehead atoms. The van der Waals surface area contributed by atoms with Crippen LogP contribution in [-0.4, -0.2) is 34.7 Å². The highest BCUT2D eigenvalue weighted by molar-refractivity contribution is 9.10. The van der Waals surface area contributed by atoms with E-state index in [1.54, 1.807) is 25.1 Å². The van der Waals surface area contributed by atoms with Crippen molar-refractivity contribution in [3.05, 3.63) is 74.2 Å². The Kier molecular flexibility index (Phi) is 7.06. The van der Waals surface area contributed by atoms with Crippen molar-refractivity contribution in [3.63, 3.8) is 0 Å². The van der Waals surface area contributed by atoms with Gasteiger partial charge in [-0.25, -0.2) is 0 Å². The quantitative estimate of drug-likeness (QED) is 0.536. The lowest BCUT2D eigenvalue weighted by Gasteiger charge is -2.28. The summed E-state index contributed by atoms with van der Waals surface area (Å²) in [5.41, 5.74) is 1.05. The molecule has 7 nitrogen and oxygen atoms in total. The Hall–Kier alpha value is -2.74. The Bertz CT molecular complexity index is 856. The van der Waals surface area contributed by atoms with Crippen LogP contribution in [-0.2, 0) is 22.6 Å². The van der Waals surface area contributed by atoms with Crippen molar-refractivity contribution in [2.24, 2.45) is 0 Å². The fourth-order valence-corrected chi connectivity index (χ4v) is 3.17. The second kappa shape index (κ2) is 9.27. The molecule has 2 rings (SSSR count). The van der Waals surface area contributed by atoms with Crippen molar-refractivity contribution in [3.8, 4) is 0 Å². The SMILES string of the molecule is CNC(=O)[C@H](C)N(Cc1cccc(Br)c1)C(=O)Cc1ccccc1[N+](=O)[O-]. The molecule has 27 heavy (non-hydrogen) atoms. The van der Waals surface area contributed by atoms with E-state index < -0.39 is 11.0 Å². The molecule has 0 aliphatic heterocycles. The van der Waals surface area contributed by atoms with Gasteiger partial charge < -0.3 is 10.2 Å². The third-order valence-corrected chi connectivity index (χ3v) is 4.68. The number of nitro groups is 1. The Morgan fingerprint density at radius 3 is 2.56 bits per heavy atom. The van der Waals surface area contributed by atoms with Crippen molar-refractivity contribution < 1.29 is 14.5 Å². The topological polar surface area (TPSA) is 92.6 Å². The van der Waals surface area contributed by atoms with Gasteiger partial charge in [-0.2, -0.15) is 0 Å². The number of carbonyl (C=O) groups excluding carboxylic acids is 2. The van der Waals surface area contributed by atoms with E-state index in [9.17, 15) is 19.7 Å². The summed E-state index contributed by atoms with van der Waals surface area (Å²) in [4.78, 5) is 37.2. The van der Waals surface area contributed by atoms with Crippen LogP contribution in [0, 0.1) is 10.1 Å². The van der Waals surface area contributed by atoms with E-state index in [2.05, 4.69) is 21.2 Å². The predicted molar refractivity (Wildman–Crippen MR) is 105 cm³/mol. The van der Waals surface area contributed by atoms with E-state index in [-0.39, 0.29) is 30.5 Å². The van der Waals surface area contributed by atoms with E-state index in [1.807, 2.05) is 24.3 Å². The number of halogens is 1. The van der Waals surface area contributed by atoms with E-state index >= 15 is 0 Å². The summed E-state index contributed by atoms with van der Waals surface area (Å²) < 4.78 is 0.860. The summed E-state index contributed by atoms with van der Waals surface area (Å²) in [5, 5.41) is 13.7. The van der Waals surface area contributed by atoms with Gasteiger partial charge in [0.2, 0.25) is 11.8 Å². The molecule has 0 spiro atoms. The standard InChI is InChI=1S/C19H20BrN3O4/c1-13(19(25)21-2)22(12-14-6-5-8-16(20)10-14)18(24)11-15-7-3-4-9-17(15)23(26)27/h3-10,13H,11-12H2,1-2H3,(H,21,25)/t13-/m0/s1. The van der Waals surface area contributed by atoms with Gasteiger partial charge in [0.05, 0.1) is 11.3 Å². The average Bonchev–Trinajstić information content (AvgIpc) is 2.65. The van der Waals surface area contributed by atoms with Gasteiger partial charge in [0.25, 0.3) is 5.69 Å². The summed E-state index contributed by atoms with van der Waals surface area (Å²) in [5.74, 6) is -0.665. The number of hydrogen-bond donors (Lipinski definition) is 1. The molecule has 2 aromatic rings. The summed E-state index contributed by atoms with van der Waals surface area (Å²) >= 11 is 3.39. The van der Waals surface area contributed by atoms with Gasteiger partial charge in [0.15, 0.2) is 0 Å². The number of nitrogens with one attached hydrogen (secondary N) is 1. The van der Waals surface area contributed by atoms with Gasteiger partial charge in [-0.1, -0.05) is 46.3 Å². The number of hydrogen-bond acceptors (Lipinski definition) is 4. The first kappa shape index (κ1) is 20.6. The molecule has 0 heterocycles. The zero-order valence-electron chi connectivity index (χ0n) is 15.0. The molecule has 8 heteroatoms. The lowest BCUT2D eigenvalue weighted by Crippen LogP contribution is -2.47. The number of benzene rings is 2. The van der Waals surface area contributed by atoms with Crippen LogP contribution >= 0.6 is 15.9 Å². The maximum Gasteiger partial charge on any atom is 0.273 e. The fourth-order valence-electron chi connectivity index (χ4n) is 2.73. The van der Waals surface area contributed by atoms with Gasteiger partial charge in [-0.3, -0.25) is 19.7 Å². The van der Waals surface area contributed by atoms with Gasteiger partial charge >= 0.3 is 0 Å². The van der Waals surface area contributed by atoms with Crippen LogP contribution < -0.4 is 5.32 Å². The number of para-hydroxylation sites is 1. The third-order valence-electron chi connectivity index (χ3n) is 4.19. The Morgan fingerprint density at radius 1 is 1.22 bits per heavy atom. The molecule has 0 saturated carbocycles. The molecule has 0 aliphatic rings. The number of nitrogens with zero attached hydrogens (tertiary/aromatic N) is 2. The zero-order valence-corrected chi connectivity index (χ0v) is 16.6. The van der Waals surface area contributed by atoms with Gasteiger partial charge in [0.1, 0.15) is 6.04 Å². The smallest absolute Gasteiger partial charge is 0.273 e. The molecule has 2 amide bonds. The van der Waals surface area contributed by atoms with E-state index in [4.69, 9.17) is 0 Å². The molecule has 142 valence electrons. The second-order valence-corrected chi connectivity index (χ2v) is 6.92. The number of nitro benzene ring substituents is 1. The van der Waals surface area contributed by atoms with Gasteiger partial charge in [-0.15, -0.1) is 0 Å². The summed E-state index contributed by atoms with van der Waals surface area (Å²) in [7, 11) is 1.50. The van der Waals surface area contributed by atoms with Crippen molar-refractivity contribution in [1.82, 2.24) is 10.2 Å². The van der Waals surface area contributed by atoms with Crippen LogP contribution in [0.1, 0.15) is 18.1 Å². The highest BCUT2D eigenvalue weighted by Gasteiger charge is 2.27. The minimum atomic E-state index is -0.718. The minimum Gasteiger partial charge on any atom is -0.357 e. The van der Waals surface area contributed by atoms with E-state index in [1.165, 1.54) is 18.0 Å². The molecule has 0 aliphatic carbocycles. The molecule has 2 aromatic carbocycles. The number of rotatable bonds is 7. The summed E-state index contributed by atoms with van der Waals surface area (Å²) in [6.45, 7) is 1.85. The van der Waals surface area contributed by atoms with Crippen LogP contribution in [0.4, 0.5) is 5.69 Å². The first-order valence-electron chi connectivity index (χ1n) is 8.31. The van der Waals surface area contributed by atoms with Crippen molar-refractivity contribution >= 4 is 33.4 Å². The average molecular weight is 434 g/mol. The van der Waals surface area contributed by atoms with Crippen molar-refractivity contribution in [2.75, 3.05) is 7.05 Å². The van der Waals surface area contributed by atoms with E-state index in [0.717, 1.165) is 10.0 Å². The number of amides is 2. The number of carbonyl (C=O) groups is 2. The Balaban J connectivity index is 2.31. The maximum atomic E-state index is 13.0. The molecule has 0 saturated heterocycles. The van der Waals surface area contributed by atoms with Crippen LogP contribution in [0.3, 0.4) is 0 Å². The highest BCUT2D eigenvalue weighted by atomic mass is 79.9. The molecule has 0 fully saturated rings. The van der Waals surface area contributed by atoms with Gasteiger partial charge in [-0.05, 0) is 24.6 Å². The monoisotopic (exact) mass is 433 g/mol. The van der Waals surface area contributed by atoms with Crippen LogP contribution in [0.2, 0.25) is 0 Å². The van der Waals surface area contributed by atoms with Crippen LogP contribution in [0.15, 0.2) is 53.0 Å². The second-order valence-electron chi connectivity index (χ2n) is 6.00. The Morgan fingerprint density at radius 2 is 1.93 bits per heavy atom. The van der Waals surface area contributed by atoms with Crippen LogP contribution in [0.25, 0.3) is 0 Å². The summed E-state index contributed by atoms with van der Waals surface area (Å²) in [6, 6.07) is 12.8. The fraction of sp³-hybridized carbons (Fsp3) is 0.263. The molecule has 1 atom stereocenters. The highest BCUT2D eigenvalue weighted by Crippen LogP contribution is 2.21. The molecule has 0 unspecified atom stereocenters. The molecule has 0 radical (unpaired) electrons. The predicted octanol–water partition coefficient (Wildman–Crippen LogP) is 3.06. The molecule has 1 N–H and O–H groups in total. The first-order valence-corrected chi connectivity index (χ1v) is 9.10. The molecule has 0 aromatic heterocycles. The normalized spacial score (nSPS) is 11.5. The lowest BCUT2D eigenvalue weighted by molar-refractivity contribution is -0.385. The maximum absolute atomic E-state index is 13.0. The number of likely N-dealkylation sites (N-methyl/N-ethyl adjacent to an activating group) is 1. The zero-order chi connectivity index (χ0) is 20.0. The largest absolute Gasteiger partial charge is 0.357 e. The summed E-state index contributed by atoms with van der Waals surface area (Å²) in [6.07, 6.45) is -0.160. The first-order chi connectivity index (χ1) is 12.8. The van der Waals surface area contributed by atoms with Crippen LogP contribution in [0.5, 0.6) is 0 Å². The van der Waals surface area contributed by atoms with Gasteiger partial charge in [0, 0.05) is 29.7 Å². The Labute approximate surface area is 165 Å².